The van der Waals surface area contributed by atoms with E-state index in [1.807, 2.05) is 18.2 Å². The molecule has 0 amide bonds. The Hall–Kier alpha value is -2.74. The number of hydrogen-bond donors (Lipinski definition) is 2. The molecule has 0 unspecified atom stereocenters. The minimum Gasteiger partial charge on any atom is -0.396 e. The lowest BCUT2D eigenvalue weighted by Gasteiger charge is -2.09. The van der Waals surface area contributed by atoms with Crippen molar-refractivity contribution in [2.24, 2.45) is 0 Å². The third-order valence-electron chi connectivity index (χ3n) is 3.34. The molecule has 0 spiro atoms. The van der Waals surface area contributed by atoms with Crippen molar-refractivity contribution >= 4 is 43.6 Å². The maximum atomic E-state index is 11.5. The van der Waals surface area contributed by atoms with Crippen LogP contribution in [0.2, 0.25) is 0 Å². The second-order valence-corrected chi connectivity index (χ2v) is 5.79. The Morgan fingerprint density at radius 3 is 2.52 bits per heavy atom. The van der Waals surface area contributed by atoms with Crippen LogP contribution >= 0.6 is 0 Å². The summed E-state index contributed by atoms with van der Waals surface area (Å²) in [6.07, 6.45) is 0. The van der Waals surface area contributed by atoms with Crippen LogP contribution in [-0.4, -0.2) is 13.4 Å². The fraction of sp³-hybridized carbons (Fsp3) is 0. The van der Waals surface area contributed by atoms with Gasteiger partial charge in [-0.15, -0.1) is 8.42 Å². The smallest absolute Gasteiger partial charge is 0.396 e. The molecule has 0 radical (unpaired) electrons. The van der Waals surface area contributed by atoms with Crippen molar-refractivity contribution < 1.29 is 16.8 Å². The first-order valence-electron chi connectivity index (χ1n) is 6.00. The van der Waals surface area contributed by atoms with Gasteiger partial charge in [0.15, 0.2) is 0 Å². The number of rotatable bonds is 0. The van der Waals surface area contributed by atoms with Crippen LogP contribution in [0.5, 0.6) is 11.5 Å². The van der Waals surface area contributed by atoms with E-state index in [0.29, 0.717) is 16.4 Å². The highest BCUT2D eigenvalue weighted by molar-refractivity contribution is 7.82. The van der Waals surface area contributed by atoms with Gasteiger partial charge in [-0.2, -0.15) is 0 Å². The number of pyridine rings is 1. The normalized spacial score (nSPS) is 15.6. The number of fused-ring (bicyclic) bond motifs is 4. The first-order valence-corrected chi connectivity index (χ1v) is 7.34. The molecular formula is C13H9N3O4S. The predicted molar refractivity (Wildman–Crippen MR) is 78.2 cm³/mol. The number of nitrogens with zero attached hydrogens (tertiary/aromatic N) is 1. The monoisotopic (exact) mass is 303 g/mol. The summed E-state index contributed by atoms with van der Waals surface area (Å²) in [7, 11) is -4.16. The van der Waals surface area contributed by atoms with Gasteiger partial charge in [-0.25, -0.2) is 4.98 Å². The van der Waals surface area contributed by atoms with Gasteiger partial charge in [-0.3, -0.25) is 0 Å². The Kier molecular flexibility index (Phi) is 2.10. The number of nitrogens with two attached hydrogens (primary N) is 2. The Labute approximate surface area is 119 Å². The van der Waals surface area contributed by atoms with Crippen LogP contribution in [0.1, 0.15) is 0 Å². The topological polar surface area (TPSA) is 118 Å². The van der Waals surface area contributed by atoms with E-state index in [4.69, 9.17) is 19.8 Å². The highest BCUT2D eigenvalue weighted by atomic mass is 32.3. The second-order valence-electron chi connectivity index (χ2n) is 4.64. The molecule has 0 saturated carbocycles. The van der Waals surface area contributed by atoms with Gasteiger partial charge in [0, 0.05) is 10.8 Å². The van der Waals surface area contributed by atoms with Gasteiger partial charge in [-0.05, 0) is 12.1 Å². The summed E-state index contributed by atoms with van der Waals surface area (Å²) in [5, 5.41) is 1.38. The summed E-state index contributed by atoms with van der Waals surface area (Å²) in [4.78, 5) is 4.41. The van der Waals surface area contributed by atoms with E-state index in [9.17, 15) is 8.42 Å². The summed E-state index contributed by atoms with van der Waals surface area (Å²) in [6, 6.07) is 9.16. The van der Waals surface area contributed by atoms with E-state index in [2.05, 4.69) is 4.98 Å². The van der Waals surface area contributed by atoms with Gasteiger partial charge in [0.2, 0.25) is 11.5 Å². The molecule has 106 valence electrons. The van der Waals surface area contributed by atoms with Gasteiger partial charge >= 0.3 is 10.4 Å². The zero-order valence-electron chi connectivity index (χ0n) is 10.5. The Morgan fingerprint density at radius 1 is 1.00 bits per heavy atom. The predicted octanol–water partition coefficient (Wildman–Crippen LogP) is 1.57. The molecule has 0 saturated heterocycles. The first kappa shape index (κ1) is 12.0. The average molecular weight is 303 g/mol. The van der Waals surface area contributed by atoms with Gasteiger partial charge in [0.05, 0.1) is 11.2 Å². The summed E-state index contributed by atoms with van der Waals surface area (Å²) >= 11 is 0. The minimum absolute atomic E-state index is 0.0238. The standard InChI is InChI=1S/C13H9N3O4S/c14-9-7-5-6-3-1-2-4-8(6)16-11(7)13-12(10(9)15)19-21(17,18)20-13/h1-5H,14-15H2. The van der Waals surface area contributed by atoms with Crippen molar-refractivity contribution in [3.63, 3.8) is 0 Å². The van der Waals surface area contributed by atoms with Crippen molar-refractivity contribution in [2.75, 3.05) is 11.5 Å². The van der Waals surface area contributed by atoms with Crippen molar-refractivity contribution in [3.05, 3.63) is 30.3 Å². The van der Waals surface area contributed by atoms with Gasteiger partial charge in [0.25, 0.3) is 0 Å². The van der Waals surface area contributed by atoms with Crippen molar-refractivity contribution in [3.8, 4) is 11.5 Å². The fourth-order valence-corrected chi connectivity index (χ4v) is 3.14. The molecule has 1 aliphatic heterocycles. The molecule has 0 atom stereocenters. The SMILES string of the molecule is Nc1c2c(c3nc4ccccc4cc3c1N)OS(=O)(=O)O2. The van der Waals surface area contributed by atoms with E-state index in [1.165, 1.54) is 0 Å². The zero-order chi connectivity index (χ0) is 14.8. The number of aromatic nitrogens is 1. The molecule has 1 aromatic heterocycles. The van der Waals surface area contributed by atoms with Crippen LogP contribution in [0.25, 0.3) is 21.8 Å². The molecule has 0 bridgehead atoms. The lowest BCUT2D eigenvalue weighted by Crippen LogP contribution is -2.08. The van der Waals surface area contributed by atoms with Crippen LogP contribution in [0, 0.1) is 0 Å². The Balaban J connectivity index is 2.22. The first-order chi connectivity index (χ1) is 9.96. The van der Waals surface area contributed by atoms with Crippen LogP contribution in [-0.2, 0) is 10.4 Å². The maximum Gasteiger partial charge on any atom is 0.501 e. The molecule has 2 heterocycles. The lowest BCUT2D eigenvalue weighted by molar-refractivity contribution is 0.437. The second kappa shape index (κ2) is 3.67. The minimum atomic E-state index is -4.16. The van der Waals surface area contributed by atoms with Crippen molar-refractivity contribution in [2.45, 2.75) is 0 Å². The third-order valence-corrected chi connectivity index (χ3v) is 4.08. The molecule has 4 rings (SSSR count). The van der Waals surface area contributed by atoms with Crippen LogP contribution in [0.4, 0.5) is 11.4 Å². The highest BCUT2D eigenvalue weighted by Crippen LogP contribution is 2.49. The Morgan fingerprint density at radius 2 is 1.71 bits per heavy atom. The van der Waals surface area contributed by atoms with Crippen molar-refractivity contribution in [1.82, 2.24) is 4.98 Å². The van der Waals surface area contributed by atoms with E-state index >= 15 is 0 Å². The number of anilines is 2. The van der Waals surface area contributed by atoms with Gasteiger partial charge in [-0.1, -0.05) is 18.2 Å². The van der Waals surface area contributed by atoms with E-state index < -0.39 is 10.4 Å². The lowest BCUT2D eigenvalue weighted by atomic mass is 10.1. The molecule has 3 aromatic rings. The molecule has 7 nitrogen and oxygen atoms in total. The summed E-state index contributed by atoms with van der Waals surface area (Å²) in [5.74, 6) is -0.134. The molecule has 21 heavy (non-hydrogen) atoms. The molecule has 1 aliphatic rings. The fourth-order valence-electron chi connectivity index (χ4n) is 2.37. The largest absolute Gasteiger partial charge is 0.501 e. The van der Waals surface area contributed by atoms with E-state index in [0.717, 1.165) is 5.39 Å². The number of benzene rings is 2. The Bertz CT molecular complexity index is 1030. The highest BCUT2D eigenvalue weighted by Gasteiger charge is 2.35. The van der Waals surface area contributed by atoms with E-state index in [-0.39, 0.29) is 22.9 Å². The quantitative estimate of drug-likeness (QED) is 0.367. The summed E-state index contributed by atoms with van der Waals surface area (Å²) in [6.45, 7) is 0. The van der Waals surface area contributed by atoms with E-state index in [1.54, 1.807) is 12.1 Å². The molecule has 0 aliphatic carbocycles. The van der Waals surface area contributed by atoms with Crippen LogP contribution < -0.4 is 19.8 Å². The van der Waals surface area contributed by atoms with Gasteiger partial charge in [0.1, 0.15) is 11.2 Å². The van der Waals surface area contributed by atoms with Gasteiger partial charge < -0.3 is 19.8 Å². The third kappa shape index (κ3) is 1.59. The summed E-state index contributed by atoms with van der Waals surface area (Å²) < 4.78 is 32.6. The molecule has 2 aromatic carbocycles. The molecule has 0 fully saturated rings. The molecule has 8 heteroatoms. The van der Waals surface area contributed by atoms with Crippen LogP contribution in [0.3, 0.4) is 0 Å². The molecular weight excluding hydrogens is 294 g/mol. The van der Waals surface area contributed by atoms with Crippen LogP contribution in [0.15, 0.2) is 30.3 Å². The summed E-state index contributed by atoms with van der Waals surface area (Å²) in [5.41, 5.74) is 13.0. The number of nitrogen functional groups attached to an aromatic ring is 2. The average Bonchev–Trinajstić information content (AvgIpc) is 2.79. The number of hydrogen-bond acceptors (Lipinski definition) is 7. The number of para-hydroxylation sites is 1. The maximum absolute atomic E-state index is 11.5. The van der Waals surface area contributed by atoms with Crippen molar-refractivity contribution in [1.29, 1.82) is 0 Å². The zero-order valence-corrected chi connectivity index (χ0v) is 11.3. The molecule has 4 N–H and O–H groups in total.